The topological polar surface area (TPSA) is 27.7 Å². The zero-order chi connectivity index (χ0) is 37.9. The molecule has 3 aromatic carbocycles. The van der Waals surface area contributed by atoms with Crippen LogP contribution in [0.3, 0.4) is 0 Å². The molecular formula is C45H69O3P. The molecular weight excluding hydrogens is 619 g/mol. The zero-order valence-electron chi connectivity index (χ0n) is 35.1. The summed E-state index contributed by atoms with van der Waals surface area (Å²) in [6.07, 6.45) is 0. The van der Waals surface area contributed by atoms with E-state index < -0.39 is 8.60 Å². The molecule has 0 fully saturated rings. The molecule has 49 heavy (non-hydrogen) atoms. The first-order valence-electron chi connectivity index (χ1n) is 18.1. The lowest BCUT2D eigenvalue weighted by atomic mass is 9.78. The van der Waals surface area contributed by atoms with Gasteiger partial charge in [-0.25, -0.2) is 0 Å². The molecule has 0 radical (unpaired) electrons. The summed E-state index contributed by atoms with van der Waals surface area (Å²) in [5, 5.41) is 0. The summed E-state index contributed by atoms with van der Waals surface area (Å²) in [6.45, 7) is 47.2. The highest BCUT2D eigenvalue weighted by atomic mass is 31.2. The van der Waals surface area contributed by atoms with Gasteiger partial charge in [-0.1, -0.05) is 178 Å². The lowest BCUT2D eigenvalue weighted by Crippen LogP contribution is -2.23. The fourth-order valence-corrected chi connectivity index (χ4v) is 7.39. The van der Waals surface area contributed by atoms with Crippen molar-refractivity contribution >= 4 is 8.60 Å². The van der Waals surface area contributed by atoms with Gasteiger partial charge in [0.25, 0.3) is 0 Å². The van der Waals surface area contributed by atoms with Crippen molar-refractivity contribution in [3.05, 3.63) is 86.5 Å². The standard InChI is InChI=1S/C45H69O3P/c1-28-22-31(40(4,5)6)37(32(23-28)41(7,8)9)46-49(47-38-33(42(10,11)12)24-29(2)25-34(38)43(13,14)15)48-39-35(44(16,17)18)26-30(3)27-36(39)45(19,20)21/h22-27H,1-21H3. The van der Waals surface area contributed by atoms with Crippen LogP contribution in [0.5, 0.6) is 17.2 Å². The van der Waals surface area contributed by atoms with E-state index in [1.54, 1.807) is 0 Å². The SMILES string of the molecule is Cc1cc(C(C)(C)C)c(OP(Oc2c(C(C)(C)C)cc(C)cc2C(C)(C)C)Oc2c(C(C)(C)C)cc(C)cc2C(C)(C)C)c(C(C)(C)C)c1. The predicted molar refractivity (Wildman–Crippen MR) is 215 cm³/mol. The van der Waals surface area contributed by atoms with Crippen molar-refractivity contribution in [2.24, 2.45) is 0 Å². The monoisotopic (exact) mass is 688 g/mol. The summed E-state index contributed by atoms with van der Waals surface area (Å²) in [5.41, 5.74) is 9.59. The molecule has 0 atom stereocenters. The molecule has 0 aliphatic carbocycles. The average molecular weight is 689 g/mol. The Morgan fingerprint density at radius 2 is 0.449 bits per heavy atom. The summed E-state index contributed by atoms with van der Waals surface area (Å²) in [7, 11) is -2.00. The van der Waals surface area contributed by atoms with Crippen LogP contribution in [-0.4, -0.2) is 0 Å². The van der Waals surface area contributed by atoms with E-state index in [1.165, 1.54) is 16.7 Å². The Balaban J connectivity index is 2.51. The third-order valence-electron chi connectivity index (χ3n) is 9.05. The second kappa shape index (κ2) is 13.6. The Hall–Kier alpha value is -2.51. The van der Waals surface area contributed by atoms with Crippen molar-refractivity contribution in [3.8, 4) is 17.2 Å². The first kappa shape index (κ1) is 40.9. The minimum Gasteiger partial charge on any atom is -0.408 e. The van der Waals surface area contributed by atoms with Crippen LogP contribution in [0.15, 0.2) is 36.4 Å². The largest absolute Gasteiger partial charge is 0.530 e. The zero-order valence-corrected chi connectivity index (χ0v) is 36.0. The van der Waals surface area contributed by atoms with Crippen LogP contribution in [-0.2, 0) is 32.5 Å². The van der Waals surface area contributed by atoms with E-state index in [2.05, 4.69) is 182 Å². The molecule has 0 saturated heterocycles. The molecule has 0 aliphatic heterocycles. The Morgan fingerprint density at radius 3 is 0.571 bits per heavy atom. The molecule has 0 aliphatic rings. The first-order valence-corrected chi connectivity index (χ1v) is 19.2. The average Bonchev–Trinajstić information content (AvgIpc) is 2.87. The molecule has 3 nitrogen and oxygen atoms in total. The summed E-state index contributed by atoms with van der Waals surface area (Å²) in [4.78, 5) is 0. The molecule has 0 amide bonds. The van der Waals surface area contributed by atoms with Gasteiger partial charge in [-0.3, -0.25) is 0 Å². The number of rotatable bonds is 6. The van der Waals surface area contributed by atoms with Crippen LogP contribution in [0.4, 0.5) is 0 Å². The van der Waals surface area contributed by atoms with Gasteiger partial charge >= 0.3 is 8.60 Å². The van der Waals surface area contributed by atoms with E-state index >= 15 is 0 Å². The van der Waals surface area contributed by atoms with Crippen molar-refractivity contribution < 1.29 is 13.6 Å². The number of hydrogen-bond acceptors (Lipinski definition) is 3. The molecule has 0 aromatic heterocycles. The maximum absolute atomic E-state index is 7.34. The first-order chi connectivity index (χ1) is 21.8. The lowest BCUT2D eigenvalue weighted by Gasteiger charge is -2.35. The van der Waals surface area contributed by atoms with Gasteiger partial charge in [-0.15, -0.1) is 0 Å². The Labute approximate surface area is 302 Å². The third-order valence-corrected chi connectivity index (χ3v) is 10.0. The van der Waals surface area contributed by atoms with Crippen molar-refractivity contribution in [1.82, 2.24) is 0 Å². The molecule has 0 heterocycles. The van der Waals surface area contributed by atoms with E-state index in [-0.39, 0.29) is 32.5 Å². The Kier molecular flexibility index (Phi) is 11.3. The third kappa shape index (κ3) is 9.84. The van der Waals surface area contributed by atoms with Crippen LogP contribution in [0.1, 0.15) is 175 Å². The van der Waals surface area contributed by atoms with Crippen LogP contribution in [0.2, 0.25) is 0 Å². The predicted octanol–water partition coefficient (Wildman–Crippen LogP) is 14.2. The highest BCUT2D eigenvalue weighted by molar-refractivity contribution is 7.43. The molecule has 3 rings (SSSR count). The molecule has 4 heteroatoms. The molecule has 0 N–H and O–H groups in total. The maximum Gasteiger partial charge on any atom is 0.530 e. The normalized spacial score (nSPS) is 13.6. The quantitative estimate of drug-likeness (QED) is 0.241. The molecule has 0 saturated carbocycles. The van der Waals surface area contributed by atoms with E-state index in [0.717, 1.165) is 50.6 Å². The maximum atomic E-state index is 7.34. The fraction of sp³-hybridized carbons (Fsp3) is 0.600. The second-order valence-electron chi connectivity index (χ2n) is 20.6. The molecule has 272 valence electrons. The lowest BCUT2D eigenvalue weighted by molar-refractivity contribution is 0.357. The highest BCUT2D eigenvalue weighted by Crippen LogP contribution is 2.54. The minimum absolute atomic E-state index is 0.170. The molecule has 3 aromatic rings. The van der Waals surface area contributed by atoms with Crippen LogP contribution < -0.4 is 13.6 Å². The van der Waals surface area contributed by atoms with Gasteiger partial charge in [-0.05, 0) is 53.3 Å². The van der Waals surface area contributed by atoms with Gasteiger partial charge in [-0.2, -0.15) is 0 Å². The number of benzene rings is 3. The summed E-state index contributed by atoms with van der Waals surface area (Å²) >= 11 is 0. The Morgan fingerprint density at radius 1 is 0.306 bits per heavy atom. The second-order valence-corrected chi connectivity index (χ2v) is 21.6. The van der Waals surface area contributed by atoms with Gasteiger partial charge in [0.1, 0.15) is 17.2 Å². The van der Waals surface area contributed by atoms with Crippen molar-refractivity contribution in [2.75, 3.05) is 0 Å². The van der Waals surface area contributed by atoms with E-state index in [0.29, 0.717) is 0 Å². The van der Waals surface area contributed by atoms with Gasteiger partial charge in [0.2, 0.25) is 0 Å². The Bertz CT molecular complexity index is 1350. The van der Waals surface area contributed by atoms with Crippen molar-refractivity contribution in [2.45, 2.75) is 178 Å². The molecule has 0 bridgehead atoms. The number of hydrogen-bond donors (Lipinski definition) is 0. The van der Waals surface area contributed by atoms with E-state index in [9.17, 15) is 0 Å². The van der Waals surface area contributed by atoms with Gasteiger partial charge in [0.05, 0.1) is 0 Å². The van der Waals surface area contributed by atoms with Gasteiger partial charge in [0, 0.05) is 33.4 Å². The van der Waals surface area contributed by atoms with E-state index in [1.807, 2.05) is 0 Å². The number of aryl methyl sites for hydroxylation is 3. The smallest absolute Gasteiger partial charge is 0.408 e. The summed E-state index contributed by atoms with van der Waals surface area (Å²) in [5.74, 6) is 2.58. The molecule has 0 spiro atoms. The molecule has 0 unspecified atom stereocenters. The summed E-state index contributed by atoms with van der Waals surface area (Å²) in [6, 6.07) is 13.7. The van der Waals surface area contributed by atoms with Crippen LogP contribution in [0.25, 0.3) is 0 Å². The van der Waals surface area contributed by atoms with Gasteiger partial charge in [0.15, 0.2) is 0 Å². The van der Waals surface area contributed by atoms with E-state index in [4.69, 9.17) is 13.6 Å². The van der Waals surface area contributed by atoms with Crippen molar-refractivity contribution in [3.63, 3.8) is 0 Å². The highest BCUT2D eigenvalue weighted by Gasteiger charge is 2.37. The fourth-order valence-electron chi connectivity index (χ4n) is 6.24. The summed E-state index contributed by atoms with van der Waals surface area (Å²) < 4.78 is 22.0. The van der Waals surface area contributed by atoms with Crippen LogP contribution >= 0.6 is 8.60 Å². The minimum atomic E-state index is -2.00. The van der Waals surface area contributed by atoms with Crippen molar-refractivity contribution in [1.29, 1.82) is 0 Å². The van der Waals surface area contributed by atoms with Crippen LogP contribution in [0, 0.1) is 20.8 Å². The van der Waals surface area contributed by atoms with Gasteiger partial charge < -0.3 is 13.6 Å².